The number of carbonyl (C=O) groups excluding carboxylic acids is 2. The maximum absolute atomic E-state index is 11.6. The summed E-state index contributed by atoms with van der Waals surface area (Å²) in [6.45, 7) is 0.114. The zero-order chi connectivity index (χ0) is 14.7. The number of imidazole rings is 1. The Hall–Kier alpha value is -3.16. The van der Waals surface area contributed by atoms with E-state index >= 15 is 0 Å². The number of guanidine groups is 1. The molecule has 1 aromatic carbocycles. The average molecular weight is 284 g/mol. The quantitative estimate of drug-likeness (QED) is 0.859. The van der Waals surface area contributed by atoms with Crippen molar-refractivity contribution in [1.82, 2.24) is 20.6 Å². The molecular weight excluding hydrogens is 274 g/mol. The van der Waals surface area contributed by atoms with Gasteiger partial charge in [-0.25, -0.2) is 9.78 Å². The van der Waals surface area contributed by atoms with Gasteiger partial charge in [-0.2, -0.15) is 10.3 Å². The second-order valence-corrected chi connectivity index (χ2v) is 4.14. The van der Waals surface area contributed by atoms with Crippen LogP contribution in [0.2, 0.25) is 0 Å². The van der Waals surface area contributed by atoms with Gasteiger partial charge in [0.05, 0.1) is 6.33 Å². The van der Waals surface area contributed by atoms with Crippen molar-refractivity contribution >= 4 is 23.8 Å². The molecule has 1 aliphatic rings. The molecular formula is C13H10N5O3. The molecule has 1 aromatic heterocycles. The molecule has 2 aromatic rings. The molecule has 1 radical (unpaired) electrons. The number of rotatable bonds is 2. The molecule has 1 aliphatic heterocycles. The first-order chi connectivity index (χ1) is 10.2. The predicted octanol–water partition coefficient (Wildman–Crippen LogP) is 1.08. The molecule has 2 amide bonds. The largest absolute Gasteiger partial charge is 0.444 e. The molecule has 0 bridgehead atoms. The number of benzene rings is 1. The van der Waals surface area contributed by atoms with Gasteiger partial charge >= 0.3 is 12.0 Å². The molecule has 21 heavy (non-hydrogen) atoms. The Morgan fingerprint density at radius 2 is 2.10 bits per heavy atom. The molecule has 0 aliphatic carbocycles. The summed E-state index contributed by atoms with van der Waals surface area (Å²) in [5.41, 5.74) is 0.973. The van der Waals surface area contributed by atoms with Crippen LogP contribution in [0.5, 0.6) is 0 Å². The van der Waals surface area contributed by atoms with E-state index in [1.54, 1.807) is 0 Å². The van der Waals surface area contributed by atoms with Gasteiger partial charge in [-0.1, -0.05) is 30.3 Å². The molecule has 0 unspecified atom stereocenters. The van der Waals surface area contributed by atoms with Crippen LogP contribution in [0.25, 0.3) is 0 Å². The summed E-state index contributed by atoms with van der Waals surface area (Å²) in [5.74, 6) is -0.442. The van der Waals surface area contributed by atoms with Crippen molar-refractivity contribution in [2.45, 2.75) is 6.61 Å². The smallest absolute Gasteiger partial charge is 0.414 e. The molecule has 0 atom stereocenters. The lowest BCUT2D eigenvalue weighted by atomic mass is 10.2. The highest BCUT2D eigenvalue weighted by atomic mass is 16.5. The molecule has 2 N–H and O–H groups in total. The maximum Gasteiger partial charge on any atom is 0.414 e. The summed E-state index contributed by atoms with van der Waals surface area (Å²) < 4.78 is 5.01. The van der Waals surface area contributed by atoms with Gasteiger partial charge in [-0.15, -0.1) is 0 Å². The fourth-order valence-electron chi connectivity index (χ4n) is 1.72. The summed E-state index contributed by atoms with van der Waals surface area (Å²) in [6, 6.07) is 9.21. The lowest BCUT2D eigenvalue weighted by Gasteiger charge is -2.11. The number of hydrogen-bond acceptors (Lipinski definition) is 5. The Balaban J connectivity index is 1.60. The fraction of sp³-hybridized carbons (Fsp3) is 0.0769. The molecule has 0 spiro atoms. The highest BCUT2D eigenvalue weighted by molar-refractivity contribution is 6.12. The van der Waals surface area contributed by atoms with Crippen molar-refractivity contribution in [2.75, 3.05) is 0 Å². The lowest BCUT2D eigenvalue weighted by Crippen LogP contribution is -2.41. The van der Waals surface area contributed by atoms with Crippen LogP contribution < -0.4 is 10.6 Å². The number of aromatic amines is 1. The van der Waals surface area contributed by atoms with Crippen LogP contribution in [0, 0.1) is 0 Å². The van der Waals surface area contributed by atoms with Crippen LogP contribution in [0.15, 0.2) is 41.7 Å². The number of carbonyl (C=O) groups is 2. The normalized spacial score (nSPS) is 13.0. The highest BCUT2D eigenvalue weighted by Gasteiger charge is 2.25. The SMILES string of the molecule is O=C(NC1=Nc2[nH]cnc2C(=O)[N]1)OCc1ccccc1. The van der Waals surface area contributed by atoms with Crippen molar-refractivity contribution in [3.63, 3.8) is 0 Å². The van der Waals surface area contributed by atoms with E-state index < -0.39 is 12.0 Å². The van der Waals surface area contributed by atoms with Gasteiger partial charge in [0.1, 0.15) is 6.61 Å². The minimum Gasteiger partial charge on any atom is -0.444 e. The Labute approximate surface area is 119 Å². The van der Waals surface area contributed by atoms with Crippen molar-refractivity contribution < 1.29 is 14.3 Å². The van der Waals surface area contributed by atoms with Gasteiger partial charge < -0.3 is 9.72 Å². The van der Waals surface area contributed by atoms with E-state index in [9.17, 15) is 9.59 Å². The molecule has 0 fully saturated rings. The highest BCUT2D eigenvalue weighted by Crippen LogP contribution is 2.16. The van der Waals surface area contributed by atoms with Crippen LogP contribution in [0.3, 0.4) is 0 Å². The van der Waals surface area contributed by atoms with E-state index in [4.69, 9.17) is 4.74 Å². The van der Waals surface area contributed by atoms with Crippen LogP contribution >= 0.6 is 0 Å². The predicted molar refractivity (Wildman–Crippen MR) is 71.9 cm³/mol. The van der Waals surface area contributed by atoms with Crippen molar-refractivity contribution in [1.29, 1.82) is 0 Å². The average Bonchev–Trinajstić information content (AvgIpc) is 2.95. The summed E-state index contributed by atoms with van der Waals surface area (Å²) in [6.07, 6.45) is 0.593. The minimum atomic E-state index is -0.739. The van der Waals surface area contributed by atoms with Crippen LogP contribution in [-0.4, -0.2) is 27.9 Å². The van der Waals surface area contributed by atoms with E-state index in [2.05, 4.69) is 25.6 Å². The van der Waals surface area contributed by atoms with Gasteiger partial charge in [-0.05, 0) is 5.56 Å². The zero-order valence-electron chi connectivity index (χ0n) is 10.7. The number of nitrogens with one attached hydrogen (secondary N) is 2. The third kappa shape index (κ3) is 2.89. The van der Waals surface area contributed by atoms with E-state index in [1.165, 1.54) is 6.33 Å². The number of hydrogen-bond donors (Lipinski definition) is 2. The van der Waals surface area contributed by atoms with Crippen molar-refractivity contribution in [3.05, 3.63) is 47.9 Å². The minimum absolute atomic E-state index is 0.114. The summed E-state index contributed by atoms with van der Waals surface area (Å²) in [7, 11) is 0. The number of H-pyrrole nitrogens is 1. The lowest BCUT2D eigenvalue weighted by molar-refractivity contribution is 0.0966. The topological polar surface area (TPSA) is 111 Å². The molecule has 0 saturated heterocycles. The molecule has 8 heteroatoms. The molecule has 2 heterocycles. The van der Waals surface area contributed by atoms with Gasteiger partial charge in [0.2, 0.25) is 5.96 Å². The Bertz CT molecular complexity index is 708. The molecule has 0 saturated carbocycles. The van der Waals surface area contributed by atoms with Crippen LogP contribution in [0.4, 0.5) is 10.6 Å². The number of aromatic nitrogens is 2. The van der Waals surface area contributed by atoms with Gasteiger partial charge in [-0.3, -0.25) is 10.1 Å². The molecule has 105 valence electrons. The van der Waals surface area contributed by atoms with Crippen molar-refractivity contribution in [3.8, 4) is 0 Å². The van der Waals surface area contributed by atoms with Gasteiger partial charge in [0.15, 0.2) is 11.5 Å². The third-order valence-corrected chi connectivity index (χ3v) is 2.67. The first-order valence-corrected chi connectivity index (χ1v) is 6.08. The Kier molecular flexibility index (Phi) is 3.34. The number of fused-ring (bicyclic) bond motifs is 1. The number of alkyl carbamates (subject to hydrolysis) is 1. The summed E-state index contributed by atoms with van der Waals surface area (Å²) in [5, 5.41) is 5.91. The van der Waals surface area contributed by atoms with Crippen LogP contribution in [0.1, 0.15) is 16.1 Å². The molecule has 3 rings (SSSR count). The Morgan fingerprint density at radius 1 is 1.29 bits per heavy atom. The summed E-state index contributed by atoms with van der Waals surface area (Å²) in [4.78, 5) is 33.6. The van der Waals surface area contributed by atoms with E-state index in [0.29, 0.717) is 0 Å². The van der Waals surface area contributed by atoms with Crippen LogP contribution in [-0.2, 0) is 11.3 Å². The monoisotopic (exact) mass is 284 g/mol. The number of nitrogens with zero attached hydrogens (tertiary/aromatic N) is 3. The van der Waals surface area contributed by atoms with E-state index in [-0.39, 0.29) is 24.1 Å². The maximum atomic E-state index is 11.6. The number of amides is 2. The Morgan fingerprint density at radius 3 is 2.90 bits per heavy atom. The van der Waals surface area contributed by atoms with Crippen molar-refractivity contribution in [2.24, 2.45) is 4.99 Å². The second kappa shape index (κ2) is 5.45. The fourth-order valence-corrected chi connectivity index (χ4v) is 1.72. The first kappa shape index (κ1) is 12.9. The number of aliphatic imine (C=N–C) groups is 1. The second-order valence-electron chi connectivity index (χ2n) is 4.14. The zero-order valence-corrected chi connectivity index (χ0v) is 10.7. The van der Waals surface area contributed by atoms with Gasteiger partial charge in [0.25, 0.3) is 0 Å². The number of ether oxygens (including phenoxy) is 1. The van der Waals surface area contributed by atoms with E-state index in [0.717, 1.165) is 5.56 Å². The summed E-state index contributed by atoms with van der Waals surface area (Å²) >= 11 is 0. The first-order valence-electron chi connectivity index (χ1n) is 6.08. The van der Waals surface area contributed by atoms with Gasteiger partial charge in [0, 0.05) is 0 Å². The standard InChI is InChI=1S/C13H10N5O3/c19-11-9-10(15-7-14-9)16-12(17-11)18-13(20)21-6-8-4-2-1-3-5-8/h1-5,7H,6H2,(H,14,15)(H,16,18,20). The molecule has 8 nitrogen and oxygen atoms in total. The third-order valence-electron chi connectivity index (χ3n) is 2.67. The van der Waals surface area contributed by atoms with E-state index in [1.807, 2.05) is 30.3 Å².